The molecule has 3 heteroatoms. The summed E-state index contributed by atoms with van der Waals surface area (Å²) < 4.78 is 0. The van der Waals surface area contributed by atoms with Gasteiger partial charge in [0.25, 0.3) is 5.91 Å². The van der Waals surface area contributed by atoms with E-state index in [1.54, 1.807) is 18.3 Å². The average Bonchev–Trinajstić information content (AvgIpc) is 2.34. The van der Waals surface area contributed by atoms with Crippen molar-refractivity contribution >= 4 is 12.1 Å². The minimum atomic E-state index is -0.192. The highest BCUT2D eigenvalue weighted by molar-refractivity contribution is 6.11. The maximum absolute atomic E-state index is 10.8. The number of rotatable bonds is 0. The Bertz CT molecular complexity index is 317. The quantitative estimate of drug-likeness (QED) is 0.520. The van der Waals surface area contributed by atoms with Gasteiger partial charge < -0.3 is 0 Å². The SMILES string of the molecule is O=C1N=Cc2ncccc21. The fourth-order valence-electron chi connectivity index (χ4n) is 0.891. The van der Waals surface area contributed by atoms with Crippen LogP contribution in [0.2, 0.25) is 0 Å². The van der Waals surface area contributed by atoms with Crippen molar-refractivity contribution in [3.05, 3.63) is 29.6 Å². The van der Waals surface area contributed by atoms with Crippen LogP contribution in [0.25, 0.3) is 0 Å². The highest BCUT2D eigenvalue weighted by atomic mass is 16.1. The van der Waals surface area contributed by atoms with Gasteiger partial charge in [0.05, 0.1) is 17.5 Å². The molecule has 0 fully saturated rings. The number of amides is 1. The third kappa shape index (κ3) is 0.572. The molecule has 48 valence electrons. The maximum atomic E-state index is 10.8. The first-order valence-electron chi connectivity index (χ1n) is 2.91. The van der Waals surface area contributed by atoms with Crippen molar-refractivity contribution in [3.63, 3.8) is 0 Å². The Labute approximate surface area is 57.4 Å². The number of hydrogen-bond donors (Lipinski definition) is 0. The summed E-state index contributed by atoms with van der Waals surface area (Å²) in [5, 5.41) is 0. The summed E-state index contributed by atoms with van der Waals surface area (Å²) in [6, 6.07) is 3.45. The third-order valence-electron chi connectivity index (χ3n) is 1.37. The van der Waals surface area contributed by atoms with Crippen LogP contribution < -0.4 is 0 Å². The Balaban J connectivity index is 2.70. The lowest BCUT2D eigenvalue weighted by Gasteiger charge is -1.89. The van der Waals surface area contributed by atoms with Gasteiger partial charge in [0, 0.05) is 6.20 Å². The van der Waals surface area contributed by atoms with Gasteiger partial charge in [0.1, 0.15) is 0 Å². The van der Waals surface area contributed by atoms with E-state index < -0.39 is 0 Å². The fourth-order valence-corrected chi connectivity index (χ4v) is 0.891. The standard InChI is InChI=1S/C7H4N2O/c10-7-5-2-1-3-8-6(5)4-9-7/h1-4H. The maximum Gasteiger partial charge on any atom is 0.279 e. The molecule has 2 heterocycles. The summed E-state index contributed by atoms with van der Waals surface area (Å²) in [7, 11) is 0. The van der Waals surface area contributed by atoms with E-state index in [9.17, 15) is 4.79 Å². The van der Waals surface area contributed by atoms with E-state index in [1.807, 2.05) is 0 Å². The zero-order valence-electron chi connectivity index (χ0n) is 5.11. The van der Waals surface area contributed by atoms with Gasteiger partial charge >= 0.3 is 0 Å². The number of pyridine rings is 1. The fraction of sp³-hybridized carbons (Fsp3) is 0. The van der Waals surface area contributed by atoms with Gasteiger partial charge in [-0.05, 0) is 12.1 Å². The second-order valence-corrected chi connectivity index (χ2v) is 2.00. The number of aliphatic imine (C=N–C) groups is 1. The molecule has 0 bridgehead atoms. The Hall–Kier alpha value is -1.51. The zero-order chi connectivity index (χ0) is 6.97. The molecule has 1 aromatic heterocycles. The normalized spacial score (nSPS) is 13.8. The summed E-state index contributed by atoms with van der Waals surface area (Å²) in [5.41, 5.74) is 1.27. The van der Waals surface area contributed by atoms with E-state index in [2.05, 4.69) is 9.98 Å². The molecule has 1 aromatic rings. The van der Waals surface area contributed by atoms with Crippen molar-refractivity contribution in [3.8, 4) is 0 Å². The monoisotopic (exact) mass is 132 g/mol. The molecule has 0 radical (unpaired) electrons. The molecule has 0 spiro atoms. The van der Waals surface area contributed by atoms with Gasteiger partial charge in [-0.2, -0.15) is 0 Å². The number of carbonyl (C=O) groups excluding carboxylic acids is 1. The highest BCUT2D eigenvalue weighted by Gasteiger charge is 2.14. The highest BCUT2D eigenvalue weighted by Crippen LogP contribution is 2.09. The van der Waals surface area contributed by atoms with Crippen molar-refractivity contribution in [2.45, 2.75) is 0 Å². The number of carbonyl (C=O) groups is 1. The molecule has 3 nitrogen and oxygen atoms in total. The lowest BCUT2D eigenvalue weighted by Crippen LogP contribution is -1.92. The molecule has 1 aliphatic heterocycles. The van der Waals surface area contributed by atoms with Crippen LogP contribution in [-0.4, -0.2) is 17.1 Å². The lowest BCUT2D eigenvalue weighted by atomic mass is 10.2. The van der Waals surface area contributed by atoms with Crippen molar-refractivity contribution in [2.24, 2.45) is 4.99 Å². The van der Waals surface area contributed by atoms with Crippen LogP contribution in [0.1, 0.15) is 16.1 Å². The predicted molar refractivity (Wildman–Crippen MR) is 36.2 cm³/mol. The van der Waals surface area contributed by atoms with Gasteiger partial charge in [0.15, 0.2) is 0 Å². The first-order chi connectivity index (χ1) is 4.88. The molecule has 0 atom stereocenters. The zero-order valence-corrected chi connectivity index (χ0v) is 5.11. The molecule has 0 saturated heterocycles. The molecule has 0 unspecified atom stereocenters. The average molecular weight is 132 g/mol. The van der Waals surface area contributed by atoms with Gasteiger partial charge in [0.2, 0.25) is 0 Å². The number of aromatic nitrogens is 1. The molecular weight excluding hydrogens is 128 g/mol. The van der Waals surface area contributed by atoms with Crippen molar-refractivity contribution in [1.82, 2.24) is 4.98 Å². The third-order valence-corrected chi connectivity index (χ3v) is 1.37. The summed E-state index contributed by atoms with van der Waals surface area (Å²) in [6.45, 7) is 0. The molecule has 1 amide bonds. The largest absolute Gasteiger partial charge is 0.279 e. The van der Waals surface area contributed by atoms with Crippen LogP contribution >= 0.6 is 0 Å². The molecule has 0 aliphatic carbocycles. The summed E-state index contributed by atoms with van der Waals surface area (Å²) in [4.78, 5) is 18.3. The van der Waals surface area contributed by atoms with Gasteiger partial charge in [-0.15, -0.1) is 0 Å². The van der Waals surface area contributed by atoms with E-state index in [0.717, 1.165) is 0 Å². The van der Waals surface area contributed by atoms with Crippen molar-refractivity contribution in [1.29, 1.82) is 0 Å². The van der Waals surface area contributed by atoms with Crippen LogP contribution in [0.4, 0.5) is 0 Å². The molecular formula is C7H4N2O. The van der Waals surface area contributed by atoms with Crippen LogP contribution in [0, 0.1) is 0 Å². The van der Waals surface area contributed by atoms with Crippen LogP contribution in [0.15, 0.2) is 23.3 Å². The summed E-state index contributed by atoms with van der Waals surface area (Å²) in [6.07, 6.45) is 3.13. The number of fused-ring (bicyclic) bond motifs is 1. The van der Waals surface area contributed by atoms with Gasteiger partial charge in [-0.25, -0.2) is 4.99 Å². The summed E-state index contributed by atoms with van der Waals surface area (Å²) >= 11 is 0. The van der Waals surface area contributed by atoms with E-state index in [0.29, 0.717) is 11.3 Å². The summed E-state index contributed by atoms with van der Waals surface area (Å²) in [5.74, 6) is -0.192. The lowest BCUT2D eigenvalue weighted by molar-refractivity contribution is 0.101. The van der Waals surface area contributed by atoms with Crippen molar-refractivity contribution < 1.29 is 4.79 Å². The Kier molecular flexibility index (Phi) is 0.917. The Morgan fingerprint density at radius 1 is 1.40 bits per heavy atom. The van der Waals surface area contributed by atoms with Crippen molar-refractivity contribution in [2.75, 3.05) is 0 Å². The second kappa shape index (κ2) is 1.73. The van der Waals surface area contributed by atoms with E-state index in [-0.39, 0.29) is 5.91 Å². The van der Waals surface area contributed by atoms with E-state index in [4.69, 9.17) is 0 Å². The first-order valence-corrected chi connectivity index (χ1v) is 2.91. The number of nitrogens with zero attached hydrogens (tertiary/aromatic N) is 2. The molecule has 1 aliphatic rings. The molecule has 10 heavy (non-hydrogen) atoms. The van der Waals surface area contributed by atoms with Gasteiger partial charge in [-0.3, -0.25) is 9.78 Å². The van der Waals surface area contributed by atoms with Crippen LogP contribution in [0.5, 0.6) is 0 Å². The topological polar surface area (TPSA) is 42.3 Å². The Morgan fingerprint density at radius 2 is 2.30 bits per heavy atom. The van der Waals surface area contributed by atoms with Crippen LogP contribution in [0.3, 0.4) is 0 Å². The molecule has 2 rings (SSSR count). The molecule has 0 N–H and O–H groups in total. The number of hydrogen-bond acceptors (Lipinski definition) is 2. The second-order valence-electron chi connectivity index (χ2n) is 2.00. The first kappa shape index (κ1) is 5.29. The predicted octanol–water partition coefficient (Wildman–Crippen LogP) is 0.654. The minimum Gasteiger partial charge on any atom is -0.267 e. The molecule has 0 aromatic carbocycles. The van der Waals surface area contributed by atoms with Crippen LogP contribution in [-0.2, 0) is 0 Å². The smallest absolute Gasteiger partial charge is 0.267 e. The van der Waals surface area contributed by atoms with Gasteiger partial charge in [-0.1, -0.05) is 0 Å². The molecule has 0 saturated carbocycles. The minimum absolute atomic E-state index is 0.192. The van der Waals surface area contributed by atoms with E-state index >= 15 is 0 Å². The Morgan fingerprint density at radius 3 is 3.10 bits per heavy atom. The van der Waals surface area contributed by atoms with E-state index in [1.165, 1.54) is 6.21 Å².